The smallest absolute Gasteiger partial charge is 0.302 e. The number of carbonyl (C=O) groups excluding carboxylic acids is 1. The lowest BCUT2D eigenvalue weighted by Gasteiger charge is -2.21. The Balaban J connectivity index is 2.47. The molecule has 0 aromatic heterocycles. The Morgan fingerprint density at radius 1 is 1.38 bits per heavy atom. The van der Waals surface area contributed by atoms with Gasteiger partial charge in [0.25, 0.3) is 0 Å². The van der Waals surface area contributed by atoms with Crippen molar-refractivity contribution in [3.8, 4) is 0 Å². The zero-order valence-electron chi connectivity index (χ0n) is 8.91. The topological polar surface area (TPSA) is 98.6 Å². The molecule has 1 aliphatic carbocycles. The van der Waals surface area contributed by atoms with Crippen LogP contribution in [-0.4, -0.2) is 23.5 Å². The molecule has 1 fully saturated rings. The highest BCUT2D eigenvalue weighted by Gasteiger charge is 2.20. The minimum absolute atomic E-state index is 0.0751. The van der Waals surface area contributed by atoms with E-state index in [4.69, 9.17) is 5.73 Å². The van der Waals surface area contributed by atoms with E-state index in [9.17, 15) is 14.9 Å². The molecule has 6 heteroatoms. The summed E-state index contributed by atoms with van der Waals surface area (Å²) in [6.07, 6.45) is 6.33. The number of hydrogen-bond donors (Lipinski definition) is 1. The van der Waals surface area contributed by atoms with Crippen molar-refractivity contribution < 1.29 is 9.72 Å². The van der Waals surface area contributed by atoms with E-state index >= 15 is 0 Å². The molecular weight excluding hydrogens is 210 g/mol. The Labute approximate surface area is 93.4 Å². The Kier molecular flexibility index (Phi) is 4.63. The van der Waals surface area contributed by atoms with Crippen LogP contribution in [0.4, 0.5) is 0 Å². The zero-order valence-corrected chi connectivity index (χ0v) is 8.91. The van der Waals surface area contributed by atoms with Crippen LogP contribution in [-0.2, 0) is 4.79 Å². The van der Waals surface area contributed by atoms with Crippen molar-refractivity contribution in [1.29, 1.82) is 0 Å². The van der Waals surface area contributed by atoms with Gasteiger partial charge in [0.15, 0.2) is 0 Å². The number of aliphatic imine (C=N–C) groups is 1. The molecule has 0 saturated heterocycles. The summed E-state index contributed by atoms with van der Waals surface area (Å²) in [5.74, 6) is 0.131. The first-order valence-corrected chi connectivity index (χ1v) is 5.22. The fourth-order valence-corrected chi connectivity index (χ4v) is 1.72. The van der Waals surface area contributed by atoms with Gasteiger partial charge in [0, 0.05) is 5.92 Å². The molecular formula is C10H15N3O3. The van der Waals surface area contributed by atoms with Gasteiger partial charge in [0.1, 0.15) is 12.5 Å². The van der Waals surface area contributed by atoms with Crippen LogP contribution in [0.5, 0.6) is 0 Å². The molecule has 1 saturated carbocycles. The van der Waals surface area contributed by atoms with Gasteiger partial charge in [-0.1, -0.05) is 0 Å². The second-order valence-corrected chi connectivity index (χ2v) is 3.83. The first-order chi connectivity index (χ1) is 7.67. The van der Waals surface area contributed by atoms with Gasteiger partial charge in [-0.05, 0) is 25.7 Å². The van der Waals surface area contributed by atoms with Crippen LogP contribution in [0, 0.1) is 16.0 Å². The molecule has 0 aliphatic heterocycles. The maximum atomic E-state index is 10.5. The van der Waals surface area contributed by atoms with Gasteiger partial charge in [-0.3, -0.25) is 15.1 Å². The maximum absolute atomic E-state index is 10.5. The van der Waals surface area contributed by atoms with Crippen LogP contribution >= 0.6 is 0 Å². The Hall–Kier alpha value is -1.72. The zero-order chi connectivity index (χ0) is 12.0. The Bertz CT molecular complexity index is 317. The number of hydrogen-bond acceptors (Lipinski definition) is 5. The minimum atomic E-state index is -0.569. The molecule has 16 heavy (non-hydrogen) atoms. The summed E-state index contributed by atoms with van der Waals surface area (Å²) in [5.41, 5.74) is 4.89. The average Bonchev–Trinajstić information content (AvgIpc) is 2.30. The summed E-state index contributed by atoms with van der Waals surface area (Å²) in [6.45, 7) is 0. The second kappa shape index (κ2) is 5.99. The van der Waals surface area contributed by atoms with Gasteiger partial charge >= 0.3 is 5.70 Å². The van der Waals surface area contributed by atoms with E-state index in [0.717, 1.165) is 38.2 Å². The highest BCUT2D eigenvalue weighted by molar-refractivity contribution is 5.75. The van der Waals surface area contributed by atoms with Gasteiger partial charge < -0.3 is 10.5 Å². The normalized spacial score (nSPS) is 26.9. The average molecular weight is 225 g/mol. The van der Waals surface area contributed by atoms with E-state index in [1.807, 2.05) is 0 Å². The molecule has 88 valence electrons. The van der Waals surface area contributed by atoms with Crippen LogP contribution in [0.15, 0.2) is 16.9 Å². The number of nitrogens with zero attached hydrogens (tertiary/aromatic N) is 2. The molecule has 0 aromatic carbocycles. The summed E-state index contributed by atoms with van der Waals surface area (Å²) in [5, 5.41) is 10.4. The van der Waals surface area contributed by atoms with Crippen LogP contribution < -0.4 is 5.73 Å². The molecule has 0 aromatic rings. The summed E-state index contributed by atoms with van der Waals surface area (Å²) in [6, 6.07) is 0.0751. The van der Waals surface area contributed by atoms with Crippen molar-refractivity contribution in [2.45, 2.75) is 31.7 Å². The summed E-state index contributed by atoms with van der Waals surface area (Å²) >= 11 is 0. The molecule has 0 unspecified atom stereocenters. The SMILES string of the molecule is NC=C(C=NC1CCC(C=O)CC1)[N+](=O)[O-]. The fourth-order valence-electron chi connectivity index (χ4n) is 1.72. The number of carbonyl (C=O) groups is 1. The second-order valence-electron chi connectivity index (χ2n) is 3.83. The van der Waals surface area contributed by atoms with Crippen molar-refractivity contribution in [1.82, 2.24) is 0 Å². The number of nitrogens with two attached hydrogens (primary N) is 1. The molecule has 0 radical (unpaired) electrons. The monoisotopic (exact) mass is 225 g/mol. The van der Waals surface area contributed by atoms with E-state index in [-0.39, 0.29) is 17.7 Å². The number of nitro groups is 1. The molecule has 0 bridgehead atoms. The highest BCUT2D eigenvalue weighted by Crippen LogP contribution is 2.24. The van der Waals surface area contributed by atoms with Gasteiger partial charge in [0.05, 0.1) is 17.2 Å². The first kappa shape index (κ1) is 12.4. The van der Waals surface area contributed by atoms with Gasteiger partial charge in [-0.15, -0.1) is 0 Å². The van der Waals surface area contributed by atoms with Crippen LogP contribution in [0.25, 0.3) is 0 Å². The minimum Gasteiger partial charge on any atom is -0.399 e. The lowest BCUT2D eigenvalue weighted by Crippen LogP contribution is -2.18. The molecule has 0 amide bonds. The van der Waals surface area contributed by atoms with Crippen LogP contribution in [0.3, 0.4) is 0 Å². The summed E-state index contributed by atoms with van der Waals surface area (Å²) in [4.78, 5) is 24.5. The molecule has 1 aliphatic rings. The van der Waals surface area contributed by atoms with E-state index in [1.165, 1.54) is 6.21 Å². The third kappa shape index (κ3) is 3.45. The number of allylic oxidation sites excluding steroid dienone is 1. The van der Waals surface area contributed by atoms with Gasteiger partial charge in [-0.25, -0.2) is 0 Å². The lowest BCUT2D eigenvalue weighted by molar-refractivity contribution is -0.414. The highest BCUT2D eigenvalue weighted by atomic mass is 16.6. The molecule has 2 N–H and O–H groups in total. The van der Waals surface area contributed by atoms with Crippen LogP contribution in [0.2, 0.25) is 0 Å². The third-order valence-corrected chi connectivity index (χ3v) is 2.73. The summed E-state index contributed by atoms with van der Waals surface area (Å²) < 4.78 is 0. The first-order valence-electron chi connectivity index (χ1n) is 5.22. The quantitative estimate of drug-likeness (QED) is 0.332. The molecule has 0 heterocycles. The van der Waals surface area contributed by atoms with E-state index < -0.39 is 4.92 Å². The molecule has 6 nitrogen and oxygen atoms in total. The molecule has 0 spiro atoms. The fraction of sp³-hybridized carbons (Fsp3) is 0.600. The molecule has 0 atom stereocenters. The van der Waals surface area contributed by atoms with E-state index in [2.05, 4.69) is 4.99 Å². The van der Waals surface area contributed by atoms with Crippen molar-refractivity contribution in [2.75, 3.05) is 0 Å². The van der Waals surface area contributed by atoms with Crippen molar-refractivity contribution >= 4 is 12.5 Å². The largest absolute Gasteiger partial charge is 0.399 e. The molecule has 1 rings (SSSR count). The lowest BCUT2D eigenvalue weighted by atomic mass is 9.87. The van der Waals surface area contributed by atoms with Crippen LogP contribution in [0.1, 0.15) is 25.7 Å². The predicted molar refractivity (Wildman–Crippen MR) is 59.6 cm³/mol. The number of rotatable bonds is 4. The standard InChI is InChI=1S/C10H15N3O3/c11-5-10(13(15)16)6-12-9-3-1-8(7-14)2-4-9/h5-9H,1-4,11H2. The maximum Gasteiger partial charge on any atom is 0.302 e. The van der Waals surface area contributed by atoms with E-state index in [0.29, 0.717) is 0 Å². The van der Waals surface area contributed by atoms with Crippen molar-refractivity contribution in [3.63, 3.8) is 0 Å². The van der Waals surface area contributed by atoms with Crippen molar-refractivity contribution in [2.24, 2.45) is 16.6 Å². The number of aldehydes is 1. The Morgan fingerprint density at radius 3 is 2.44 bits per heavy atom. The van der Waals surface area contributed by atoms with E-state index in [1.54, 1.807) is 0 Å². The Morgan fingerprint density at radius 2 is 2.00 bits per heavy atom. The van der Waals surface area contributed by atoms with Gasteiger partial charge in [0.2, 0.25) is 0 Å². The van der Waals surface area contributed by atoms with Crippen molar-refractivity contribution in [3.05, 3.63) is 22.0 Å². The summed E-state index contributed by atoms with van der Waals surface area (Å²) in [7, 11) is 0. The third-order valence-electron chi connectivity index (χ3n) is 2.73. The predicted octanol–water partition coefficient (Wildman–Crippen LogP) is 0.892. The van der Waals surface area contributed by atoms with Gasteiger partial charge in [-0.2, -0.15) is 0 Å².